The van der Waals surface area contributed by atoms with Gasteiger partial charge < -0.3 is 14.8 Å². The van der Waals surface area contributed by atoms with E-state index < -0.39 is 0 Å². The van der Waals surface area contributed by atoms with E-state index >= 15 is 0 Å². The van der Waals surface area contributed by atoms with Crippen molar-refractivity contribution in [3.8, 4) is 11.5 Å². The molecular formula is C18H20N2O3S. The predicted molar refractivity (Wildman–Crippen MR) is 92.4 cm³/mol. The molecule has 0 bridgehead atoms. The zero-order chi connectivity index (χ0) is 16.5. The van der Waals surface area contributed by atoms with E-state index in [9.17, 15) is 4.79 Å². The minimum Gasteiger partial charge on any atom is -0.454 e. The Hall–Kier alpha value is -2.05. The maximum Gasteiger partial charge on any atom is 0.234 e. The first kappa shape index (κ1) is 15.5. The summed E-state index contributed by atoms with van der Waals surface area (Å²) in [4.78, 5) is 16.0. The summed E-state index contributed by atoms with van der Waals surface area (Å²) >= 11 is 1.81. The average molecular weight is 344 g/mol. The van der Waals surface area contributed by atoms with Gasteiger partial charge in [-0.05, 0) is 48.1 Å². The number of hydrogen-bond acceptors (Lipinski definition) is 5. The van der Waals surface area contributed by atoms with Crippen LogP contribution < -0.4 is 14.8 Å². The fraction of sp³-hybridized carbons (Fsp3) is 0.389. The molecule has 1 aromatic heterocycles. The number of carbonyl (C=O) groups is 1. The van der Waals surface area contributed by atoms with Gasteiger partial charge in [-0.1, -0.05) is 6.07 Å². The maximum atomic E-state index is 12.4. The number of thiophene rings is 1. The molecule has 0 fully saturated rings. The molecule has 1 N–H and O–H groups in total. The molecule has 1 atom stereocenters. The van der Waals surface area contributed by atoms with E-state index in [-0.39, 0.29) is 18.7 Å². The first-order valence-corrected chi connectivity index (χ1v) is 9.03. The van der Waals surface area contributed by atoms with Gasteiger partial charge in [0, 0.05) is 18.0 Å². The van der Waals surface area contributed by atoms with Crippen LogP contribution in [0.25, 0.3) is 0 Å². The van der Waals surface area contributed by atoms with Crippen LogP contribution >= 0.6 is 11.3 Å². The van der Waals surface area contributed by atoms with E-state index in [2.05, 4.69) is 21.7 Å². The van der Waals surface area contributed by atoms with Gasteiger partial charge >= 0.3 is 0 Å². The summed E-state index contributed by atoms with van der Waals surface area (Å²) in [6.07, 6.45) is 1.04. The third-order valence-electron chi connectivity index (χ3n) is 4.53. The molecule has 0 saturated carbocycles. The number of nitrogens with one attached hydrogen (secondary N) is 1. The summed E-state index contributed by atoms with van der Waals surface area (Å²) in [5.41, 5.74) is 2.38. The SMILES string of the molecule is CC(NC(=O)CN1CCc2sccc2C1)c1ccc2c(c1)OCO2. The number of fused-ring (bicyclic) bond motifs is 2. The molecule has 0 saturated heterocycles. The summed E-state index contributed by atoms with van der Waals surface area (Å²) < 4.78 is 10.7. The minimum atomic E-state index is -0.0616. The molecule has 5 nitrogen and oxygen atoms in total. The van der Waals surface area contributed by atoms with Crippen molar-refractivity contribution in [1.82, 2.24) is 10.2 Å². The Morgan fingerprint density at radius 3 is 3.12 bits per heavy atom. The summed E-state index contributed by atoms with van der Waals surface area (Å²) in [6, 6.07) is 7.90. The van der Waals surface area contributed by atoms with Crippen LogP contribution in [0.5, 0.6) is 11.5 Å². The Morgan fingerprint density at radius 2 is 2.21 bits per heavy atom. The quantitative estimate of drug-likeness (QED) is 0.927. The Bertz CT molecular complexity index is 758. The van der Waals surface area contributed by atoms with Crippen molar-refractivity contribution < 1.29 is 14.3 Å². The van der Waals surface area contributed by atoms with E-state index in [4.69, 9.17) is 9.47 Å². The maximum absolute atomic E-state index is 12.4. The molecule has 4 rings (SSSR count). The molecule has 0 spiro atoms. The molecule has 2 aromatic rings. The smallest absolute Gasteiger partial charge is 0.234 e. The standard InChI is InChI=1S/C18H20N2O3S/c1-12(13-2-3-15-16(8-13)23-11-22-15)19-18(21)10-20-6-4-17-14(9-20)5-7-24-17/h2-3,5,7-8,12H,4,6,9-11H2,1H3,(H,19,21). The monoisotopic (exact) mass is 344 g/mol. The van der Waals surface area contributed by atoms with Crippen molar-refractivity contribution in [3.63, 3.8) is 0 Å². The van der Waals surface area contributed by atoms with Gasteiger partial charge in [0.2, 0.25) is 12.7 Å². The van der Waals surface area contributed by atoms with Crippen molar-refractivity contribution in [2.45, 2.75) is 25.9 Å². The molecule has 1 aromatic carbocycles. The summed E-state index contributed by atoms with van der Waals surface area (Å²) in [6.45, 7) is 4.50. The van der Waals surface area contributed by atoms with Crippen molar-refractivity contribution in [2.75, 3.05) is 19.9 Å². The number of carbonyl (C=O) groups excluding carboxylic acids is 1. The molecule has 6 heteroatoms. The van der Waals surface area contributed by atoms with Crippen molar-refractivity contribution in [1.29, 1.82) is 0 Å². The van der Waals surface area contributed by atoms with Gasteiger partial charge in [0.05, 0.1) is 12.6 Å². The van der Waals surface area contributed by atoms with E-state index in [0.29, 0.717) is 6.54 Å². The van der Waals surface area contributed by atoms with Crippen LogP contribution in [0, 0.1) is 0 Å². The normalized spacial score (nSPS) is 17.4. The Balaban J connectivity index is 1.34. The second-order valence-corrected chi connectivity index (χ2v) is 7.23. The fourth-order valence-corrected chi connectivity index (χ4v) is 4.09. The number of hydrogen-bond donors (Lipinski definition) is 1. The van der Waals surface area contributed by atoms with Gasteiger partial charge in [-0.15, -0.1) is 11.3 Å². The molecule has 0 aliphatic carbocycles. The van der Waals surface area contributed by atoms with Gasteiger partial charge in [-0.25, -0.2) is 0 Å². The lowest BCUT2D eigenvalue weighted by Crippen LogP contribution is -2.40. The molecule has 1 amide bonds. The number of ether oxygens (including phenoxy) is 2. The van der Waals surface area contributed by atoms with Gasteiger partial charge in [-0.3, -0.25) is 9.69 Å². The van der Waals surface area contributed by atoms with Gasteiger partial charge in [0.1, 0.15) is 0 Å². The van der Waals surface area contributed by atoms with Crippen LogP contribution in [-0.2, 0) is 17.8 Å². The highest BCUT2D eigenvalue weighted by atomic mass is 32.1. The lowest BCUT2D eigenvalue weighted by molar-refractivity contribution is -0.123. The van der Waals surface area contributed by atoms with Crippen LogP contribution in [0.4, 0.5) is 0 Å². The molecule has 2 aliphatic heterocycles. The van der Waals surface area contributed by atoms with Crippen molar-refractivity contribution >= 4 is 17.2 Å². The van der Waals surface area contributed by atoms with Crippen LogP contribution in [0.3, 0.4) is 0 Å². The highest BCUT2D eigenvalue weighted by molar-refractivity contribution is 7.10. The Labute approximate surface area is 145 Å². The van der Waals surface area contributed by atoms with Crippen LogP contribution in [-0.4, -0.2) is 30.7 Å². The Kier molecular flexibility index (Phi) is 4.16. The fourth-order valence-electron chi connectivity index (χ4n) is 3.20. The predicted octanol–water partition coefficient (Wildman–Crippen LogP) is 2.71. The summed E-state index contributed by atoms with van der Waals surface area (Å²) in [7, 11) is 0. The van der Waals surface area contributed by atoms with E-state index in [1.165, 1.54) is 10.4 Å². The molecule has 2 aliphatic rings. The lowest BCUT2D eigenvalue weighted by Gasteiger charge is -2.26. The number of amides is 1. The van der Waals surface area contributed by atoms with Crippen molar-refractivity contribution in [3.05, 3.63) is 45.6 Å². The van der Waals surface area contributed by atoms with Gasteiger partial charge in [-0.2, -0.15) is 0 Å². The second kappa shape index (κ2) is 6.45. The minimum absolute atomic E-state index is 0.0545. The zero-order valence-corrected chi connectivity index (χ0v) is 14.4. The topological polar surface area (TPSA) is 50.8 Å². The molecule has 126 valence electrons. The zero-order valence-electron chi connectivity index (χ0n) is 13.6. The number of rotatable bonds is 4. The molecule has 24 heavy (non-hydrogen) atoms. The highest BCUT2D eigenvalue weighted by Gasteiger charge is 2.21. The van der Waals surface area contributed by atoms with E-state index in [1.807, 2.05) is 36.5 Å². The number of nitrogens with zero attached hydrogens (tertiary/aromatic N) is 1. The molecule has 1 unspecified atom stereocenters. The first-order chi connectivity index (χ1) is 11.7. The summed E-state index contributed by atoms with van der Waals surface area (Å²) in [5, 5.41) is 5.21. The van der Waals surface area contributed by atoms with Crippen molar-refractivity contribution in [2.24, 2.45) is 0 Å². The first-order valence-electron chi connectivity index (χ1n) is 8.15. The van der Waals surface area contributed by atoms with E-state index in [0.717, 1.165) is 36.6 Å². The molecule has 0 radical (unpaired) electrons. The average Bonchev–Trinajstić information content (AvgIpc) is 3.22. The molecular weight excluding hydrogens is 324 g/mol. The molecule has 3 heterocycles. The van der Waals surface area contributed by atoms with Crippen LogP contribution in [0.15, 0.2) is 29.6 Å². The third-order valence-corrected chi connectivity index (χ3v) is 5.55. The summed E-state index contributed by atoms with van der Waals surface area (Å²) in [5.74, 6) is 1.56. The van der Waals surface area contributed by atoms with Gasteiger partial charge in [0.25, 0.3) is 0 Å². The van der Waals surface area contributed by atoms with Crippen LogP contribution in [0.1, 0.15) is 29.0 Å². The van der Waals surface area contributed by atoms with Gasteiger partial charge in [0.15, 0.2) is 11.5 Å². The highest BCUT2D eigenvalue weighted by Crippen LogP contribution is 2.34. The largest absolute Gasteiger partial charge is 0.454 e. The second-order valence-electron chi connectivity index (χ2n) is 6.23. The van der Waals surface area contributed by atoms with E-state index in [1.54, 1.807) is 0 Å². The Morgan fingerprint density at radius 1 is 1.33 bits per heavy atom. The lowest BCUT2D eigenvalue weighted by atomic mass is 10.1. The number of benzene rings is 1. The third kappa shape index (κ3) is 3.12. The van der Waals surface area contributed by atoms with Crippen LogP contribution in [0.2, 0.25) is 0 Å².